The van der Waals surface area contributed by atoms with Crippen molar-refractivity contribution in [1.29, 1.82) is 0 Å². The first kappa shape index (κ1) is 17.3. The van der Waals surface area contributed by atoms with Crippen LogP contribution in [0.15, 0.2) is 0 Å². The molecule has 7 heteroatoms. The van der Waals surface area contributed by atoms with Crippen molar-refractivity contribution in [2.45, 2.75) is 51.6 Å². The molecule has 0 aromatic rings. The second kappa shape index (κ2) is 7.06. The van der Waals surface area contributed by atoms with Crippen LogP contribution in [-0.4, -0.2) is 38.7 Å². The zero-order chi connectivity index (χ0) is 14.4. The molecule has 0 aromatic heterocycles. The standard InChI is InChI=1S/C11H25N3O3S/c1-5-6-9(12)7-10(15)13-8-11(2,3)14-18(4,16)17/h9,14H,5-8,12H2,1-4H3,(H,13,15). The first-order chi connectivity index (χ1) is 8.06. The summed E-state index contributed by atoms with van der Waals surface area (Å²) in [5.74, 6) is -0.153. The largest absolute Gasteiger partial charge is 0.354 e. The quantitative estimate of drug-likeness (QED) is 0.579. The highest BCUT2D eigenvalue weighted by Gasteiger charge is 2.22. The third kappa shape index (κ3) is 9.38. The van der Waals surface area contributed by atoms with Crippen LogP contribution in [0.5, 0.6) is 0 Å². The van der Waals surface area contributed by atoms with Crippen molar-refractivity contribution >= 4 is 15.9 Å². The van der Waals surface area contributed by atoms with E-state index in [0.29, 0.717) is 0 Å². The van der Waals surface area contributed by atoms with Crippen LogP contribution in [0.2, 0.25) is 0 Å². The van der Waals surface area contributed by atoms with Gasteiger partial charge >= 0.3 is 0 Å². The average Bonchev–Trinajstić information content (AvgIpc) is 2.11. The Morgan fingerprint density at radius 1 is 1.39 bits per heavy atom. The van der Waals surface area contributed by atoms with Crippen LogP contribution in [0, 0.1) is 0 Å². The van der Waals surface area contributed by atoms with Crippen LogP contribution in [-0.2, 0) is 14.8 Å². The van der Waals surface area contributed by atoms with Crippen molar-refractivity contribution < 1.29 is 13.2 Å². The maximum absolute atomic E-state index is 11.6. The lowest BCUT2D eigenvalue weighted by atomic mass is 10.1. The Hall–Kier alpha value is -0.660. The van der Waals surface area contributed by atoms with Gasteiger partial charge in [-0.2, -0.15) is 0 Å². The summed E-state index contributed by atoms with van der Waals surface area (Å²) in [5, 5.41) is 2.69. The van der Waals surface area contributed by atoms with E-state index in [2.05, 4.69) is 10.0 Å². The van der Waals surface area contributed by atoms with Crippen molar-refractivity contribution in [3.63, 3.8) is 0 Å². The second-order valence-electron chi connectivity index (χ2n) is 5.29. The van der Waals surface area contributed by atoms with Crippen LogP contribution in [0.1, 0.15) is 40.0 Å². The molecule has 0 saturated heterocycles. The highest BCUT2D eigenvalue weighted by atomic mass is 32.2. The number of rotatable bonds is 8. The molecule has 1 atom stereocenters. The summed E-state index contributed by atoms with van der Waals surface area (Å²) in [6, 6.07) is -0.138. The first-order valence-corrected chi connectivity index (χ1v) is 7.96. The topological polar surface area (TPSA) is 101 Å². The molecule has 1 unspecified atom stereocenters. The van der Waals surface area contributed by atoms with Gasteiger partial charge in [-0.25, -0.2) is 13.1 Å². The van der Waals surface area contributed by atoms with Gasteiger partial charge in [0.2, 0.25) is 15.9 Å². The molecule has 0 aliphatic rings. The predicted molar refractivity (Wildman–Crippen MR) is 72.6 cm³/mol. The van der Waals surface area contributed by atoms with Gasteiger partial charge in [0.25, 0.3) is 0 Å². The number of carbonyl (C=O) groups excluding carboxylic acids is 1. The Bertz CT molecular complexity index is 366. The lowest BCUT2D eigenvalue weighted by molar-refractivity contribution is -0.121. The molecule has 108 valence electrons. The minimum Gasteiger partial charge on any atom is -0.354 e. The first-order valence-electron chi connectivity index (χ1n) is 6.07. The van der Waals surface area contributed by atoms with E-state index in [1.165, 1.54) is 0 Å². The van der Waals surface area contributed by atoms with Gasteiger partial charge in [0.1, 0.15) is 0 Å². The molecule has 0 heterocycles. The van der Waals surface area contributed by atoms with Gasteiger partial charge in [-0.3, -0.25) is 4.79 Å². The SMILES string of the molecule is CCCC(N)CC(=O)NCC(C)(C)NS(C)(=O)=O. The van der Waals surface area contributed by atoms with Gasteiger partial charge in [-0.05, 0) is 20.3 Å². The molecular formula is C11H25N3O3S. The number of hydrogen-bond donors (Lipinski definition) is 3. The summed E-state index contributed by atoms with van der Waals surface area (Å²) < 4.78 is 24.7. The van der Waals surface area contributed by atoms with E-state index in [-0.39, 0.29) is 24.9 Å². The molecule has 0 spiro atoms. The minimum absolute atomic E-state index is 0.138. The van der Waals surface area contributed by atoms with Crippen LogP contribution in [0.4, 0.5) is 0 Å². The number of nitrogens with one attached hydrogen (secondary N) is 2. The molecule has 0 rings (SSSR count). The highest BCUT2D eigenvalue weighted by Crippen LogP contribution is 2.03. The van der Waals surface area contributed by atoms with Gasteiger partial charge in [0.15, 0.2) is 0 Å². The molecule has 6 nitrogen and oxygen atoms in total. The molecule has 1 amide bonds. The Labute approximate surface area is 110 Å². The molecule has 0 saturated carbocycles. The van der Waals surface area contributed by atoms with Crippen molar-refractivity contribution in [2.24, 2.45) is 5.73 Å². The number of nitrogens with two attached hydrogens (primary N) is 1. The van der Waals surface area contributed by atoms with Gasteiger partial charge in [0, 0.05) is 24.5 Å². The van der Waals surface area contributed by atoms with Gasteiger partial charge in [-0.15, -0.1) is 0 Å². The van der Waals surface area contributed by atoms with E-state index < -0.39 is 15.6 Å². The lowest BCUT2D eigenvalue weighted by Crippen LogP contribution is -2.51. The van der Waals surface area contributed by atoms with Crippen molar-refractivity contribution in [2.75, 3.05) is 12.8 Å². The monoisotopic (exact) mass is 279 g/mol. The van der Waals surface area contributed by atoms with Crippen LogP contribution >= 0.6 is 0 Å². The van der Waals surface area contributed by atoms with Crippen LogP contribution in [0.25, 0.3) is 0 Å². The predicted octanol–water partition coefficient (Wildman–Crippen LogP) is -0.0521. The van der Waals surface area contributed by atoms with E-state index in [9.17, 15) is 13.2 Å². The number of sulfonamides is 1. The second-order valence-corrected chi connectivity index (χ2v) is 7.04. The molecule has 0 fully saturated rings. The molecule has 0 aromatic carbocycles. The molecule has 0 bridgehead atoms. The number of carbonyl (C=O) groups is 1. The molecule has 0 aliphatic carbocycles. The van der Waals surface area contributed by atoms with Crippen LogP contribution in [0.3, 0.4) is 0 Å². The fraction of sp³-hybridized carbons (Fsp3) is 0.909. The van der Waals surface area contributed by atoms with E-state index >= 15 is 0 Å². The van der Waals surface area contributed by atoms with Gasteiger partial charge in [-0.1, -0.05) is 13.3 Å². The zero-order valence-corrected chi connectivity index (χ0v) is 12.4. The fourth-order valence-corrected chi connectivity index (χ4v) is 2.72. The Kier molecular flexibility index (Phi) is 6.80. The van der Waals surface area contributed by atoms with E-state index in [1.54, 1.807) is 13.8 Å². The summed E-state index contributed by atoms with van der Waals surface area (Å²) in [6.45, 7) is 5.66. The molecular weight excluding hydrogens is 254 g/mol. The Morgan fingerprint density at radius 2 is 1.94 bits per heavy atom. The summed E-state index contributed by atoms with van der Waals surface area (Å²) in [6.07, 6.45) is 3.10. The molecule has 0 aliphatic heterocycles. The molecule has 0 radical (unpaired) electrons. The molecule has 18 heavy (non-hydrogen) atoms. The summed E-state index contributed by atoms with van der Waals surface area (Å²) in [7, 11) is -3.29. The van der Waals surface area contributed by atoms with Crippen molar-refractivity contribution in [3.05, 3.63) is 0 Å². The van der Waals surface area contributed by atoms with E-state index in [0.717, 1.165) is 19.1 Å². The lowest BCUT2D eigenvalue weighted by Gasteiger charge is -2.25. The van der Waals surface area contributed by atoms with Crippen molar-refractivity contribution in [1.82, 2.24) is 10.0 Å². The third-order valence-electron chi connectivity index (χ3n) is 2.30. The fourth-order valence-electron chi connectivity index (χ4n) is 1.64. The summed E-state index contributed by atoms with van der Waals surface area (Å²) >= 11 is 0. The smallest absolute Gasteiger partial charge is 0.221 e. The third-order valence-corrected chi connectivity index (χ3v) is 3.22. The van der Waals surface area contributed by atoms with E-state index in [1.807, 2.05) is 6.92 Å². The number of amides is 1. The van der Waals surface area contributed by atoms with Crippen LogP contribution < -0.4 is 15.8 Å². The Morgan fingerprint density at radius 3 is 2.39 bits per heavy atom. The minimum atomic E-state index is -3.29. The normalized spacial score (nSPS) is 14.3. The van der Waals surface area contributed by atoms with Crippen molar-refractivity contribution in [3.8, 4) is 0 Å². The van der Waals surface area contributed by atoms with Gasteiger partial charge in [0.05, 0.1) is 6.26 Å². The molecule has 4 N–H and O–H groups in total. The summed E-state index contributed by atoms with van der Waals surface area (Å²) in [4.78, 5) is 11.6. The zero-order valence-electron chi connectivity index (χ0n) is 11.6. The van der Waals surface area contributed by atoms with E-state index in [4.69, 9.17) is 5.73 Å². The Balaban J connectivity index is 4.12. The summed E-state index contributed by atoms with van der Waals surface area (Å²) in [5.41, 5.74) is 5.04. The average molecular weight is 279 g/mol. The van der Waals surface area contributed by atoms with Gasteiger partial charge < -0.3 is 11.1 Å². The maximum atomic E-state index is 11.6. The number of hydrogen-bond acceptors (Lipinski definition) is 4. The highest BCUT2D eigenvalue weighted by molar-refractivity contribution is 7.88. The maximum Gasteiger partial charge on any atom is 0.221 e.